The van der Waals surface area contributed by atoms with Crippen molar-refractivity contribution in [2.75, 3.05) is 5.32 Å². The van der Waals surface area contributed by atoms with E-state index in [0.29, 0.717) is 22.8 Å². The Kier molecular flexibility index (Phi) is 2.89. The number of aromatic amines is 1. The molecule has 0 amide bonds. The number of rotatable bonds is 4. The van der Waals surface area contributed by atoms with Crippen LogP contribution in [0.5, 0.6) is 5.88 Å². The van der Waals surface area contributed by atoms with E-state index in [1.54, 1.807) is 17.9 Å². The van der Waals surface area contributed by atoms with Crippen LogP contribution in [0.4, 0.5) is 20.4 Å². The topological polar surface area (TPSA) is 93.5 Å². The maximum Gasteiger partial charge on any atom is 0.388 e. The third kappa shape index (κ3) is 2.35. The van der Waals surface area contributed by atoms with Crippen molar-refractivity contribution >= 4 is 22.8 Å². The summed E-state index contributed by atoms with van der Waals surface area (Å²) in [6.07, 6.45) is 3.09. The first-order valence-corrected chi connectivity index (χ1v) is 5.54. The number of hydrogen-bond acceptors (Lipinski definition) is 6. The monoisotopic (exact) mass is 281 g/mol. The second-order valence-corrected chi connectivity index (χ2v) is 3.86. The number of H-pyrrole nitrogens is 1. The third-order valence-corrected chi connectivity index (χ3v) is 2.47. The number of aromatic nitrogens is 6. The fourth-order valence-corrected chi connectivity index (χ4v) is 1.63. The summed E-state index contributed by atoms with van der Waals surface area (Å²) >= 11 is 0. The van der Waals surface area contributed by atoms with Crippen molar-refractivity contribution in [3.05, 3.63) is 18.5 Å². The molecule has 8 nitrogen and oxygen atoms in total. The highest BCUT2D eigenvalue weighted by Gasteiger charge is 2.09. The number of hydrogen-bond donors (Lipinski definition) is 2. The molecular formula is C10H9F2N7O. The molecule has 3 aromatic heterocycles. The number of anilines is 2. The van der Waals surface area contributed by atoms with Crippen molar-refractivity contribution in [1.82, 2.24) is 29.9 Å². The number of fused-ring (bicyclic) bond motifs is 1. The largest absolute Gasteiger partial charge is 0.415 e. The minimum atomic E-state index is -2.92. The zero-order chi connectivity index (χ0) is 14.1. The zero-order valence-electron chi connectivity index (χ0n) is 10.2. The highest BCUT2D eigenvalue weighted by atomic mass is 19.3. The van der Waals surface area contributed by atoms with Gasteiger partial charge in [0.1, 0.15) is 11.3 Å². The van der Waals surface area contributed by atoms with Crippen LogP contribution in [0.2, 0.25) is 0 Å². The van der Waals surface area contributed by atoms with Crippen LogP contribution in [0.15, 0.2) is 18.5 Å². The van der Waals surface area contributed by atoms with E-state index in [0.717, 1.165) is 0 Å². The van der Waals surface area contributed by atoms with Gasteiger partial charge in [-0.3, -0.25) is 5.10 Å². The Bertz CT molecular complexity index is 738. The molecule has 10 heteroatoms. The van der Waals surface area contributed by atoms with Gasteiger partial charge in [-0.05, 0) is 0 Å². The average Bonchev–Trinajstić information content (AvgIpc) is 2.97. The van der Waals surface area contributed by atoms with Gasteiger partial charge in [-0.2, -0.15) is 13.9 Å². The Labute approximate surface area is 110 Å². The molecule has 0 aliphatic carbocycles. The Hall–Kier alpha value is -2.78. The summed E-state index contributed by atoms with van der Waals surface area (Å²) in [5, 5.41) is 12.9. The minimum absolute atomic E-state index is 0.211. The summed E-state index contributed by atoms with van der Waals surface area (Å²) in [7, 11) is 1.74. The maximum absolute atomic E-state index is 12.0. The lowest BCUT2D eigenvalue weighted by Crippen LogP contribution is -2.01. The molecular weight excluding hydrogens is 272 g/mol. The Morgan fingerprint density at radius 3 is 3.05 bits per heavy atom. The lowest BCUT2D eigenvalue weighted by atomic mass is 10.5. The number of aryl methyl sites for hydroxylation is 1. The molecule has 0 aliphatic heterocycles. The molecule has 0 bridgehead atoms. The summed E-state index contributed by atoms with van der Waals surface area (Å²) in [5.74, 6) is 0.571. The summed E-state index contributed by atoms with van der Waals surface area (Å²) < 4.78 is 29.7. The molecule has 0 unspecified atom stereocenters. The van der Waals surface area contributed by atoms with Gasteiger partial charge in [0.2, 0.25) is 5.88 Å². The number of ether oxygens (including phenoxy) is 1. The Morgan fingerprint density at radius 1 is 1.40 bits per heavy atom. The van der Waals surface area contributed by atoms with Crippen LogP contribution >= 0.6 is 0 Å². The number of alkyl halides is 2. The van der Waals surface area contributed by atoms with Crippen LogP contribution in [0.25, 0.3) is 11.2 Å². The van der Waals surface area contributed by atoms with Crippen LogP contribution in [0.1, 0.15) is 0 Å². The molecule has 0 aromatic carbocycles. The SMILES string of the molecule is Cn1ncc2ncc(Nc3cc(OC(F)F)n[nH]3)nc21. The van der Waals surface area contributed by atoms with Gasteiger partial charge < -0.3 is 10.1 Å². The maximum atomic E-state index is 12.0. The van der Waals surface area contributed by atoms with Crippen LogP contribution in [0, 0.1) is 0 Å². The number of nitrogens with zero attached hydrogens (tertiary/aromatic N) is 5. The van der Waals surface area contributed by atoms with Gasteiger partial charge >= 0.3 is 6.61 Å². The van der Waals surface area contributed by atoms with E-state index in [4.69, 9.17) is 0 Å². The van der Waals surface area contributed by atoms with E-state index in [1.807, 2.05) is 0 Å². The van der Waals surface area contributed by atoms with Gasteiger partial charge in [0.25, 0.3) is 0 Å². The summed E-state index contributed by atoms with van der Waals surface area (Å²) in [6.45, 7) is -2.92. The van der Waals surface area contributed by atoms with E-state index < -0.39 is 6.61 Å². The van der Waals surface area contributed by atoms with Gasteiger partial charge in [0.05, 0.1) is 12.4 Å². The normalized spacial score (nSPS) is 11.2. The molecule has 20 heavy (non-hydrogen) atoms. The van der Waals surface area contributed by atoms with Crippen molar-refractivity contribution in [3.8, 4) is 5.88 Å². The predicted octanol–water partition coefficient (Wildman–Crippen LogP) is 1.43. The molecule has 0 fully saturated rings. The van der Waals surface area contributed by atoms with E-state index in [2.05, 4.69) is 35.3 Å². The molecule has 0 saturated carbocycles. The van der Waals surface area contributed by atoms with E-state index in [9.17, 15) is 8.78 Å². The van der Waals surface area contributed by atoms with E-state index >= 15 is 0 Å². The molecule has 2 N–H and O–H groups in total. The molecule has 0 spiro atoms. The van der Waals surface area contributed by atoms with Crippen LogP contribution in [0.3, 0.4) is 0 Å². The third-order valence-electron chi connectivity index (χ3n) is 2.47. The smallest absolute Gasteiger partial charge is 0.388 e. The van der Waals surface area contributed by atoms with Crippen LogP contribution < -0.4 is 10.1 Å². The molecule has 0 aliphatic rings. The van der Waals surface area contributed by atoms with E-state index in [-0.39, 0.29) is 5.88 Å². The minimum Gasteiger partial charge on any atom is -0.415 e. The van der Waals surface area contributed by atoms with Crippen LogP contribution in [-0.2, 0) is 7.05 Å². The molecule has 3 aromatic rings. The first-order chi connectivity index (χ1) is 9.61. The van der Waals surface area contributed by atoms with Crippen molar-refractivity contribution < 1.29 is 13.5 Å². The molecule has 0 saturated heterocycles. The highest BCUT2D eigenvalue weighted by molar-refractivity contribution is 5.71. The number of halogens is 2. The van der Waals surface area contributed by atoms with Gasteiger partial charge in [-0.1, -0.05) is 0 Å². The van der Waals surface area contributed by atoms with Gasteiger partial charge in [-0.15, -0.1) is 5.10 Å². The van der Waals surface area contributed by atoms with Gasteiger partial charge in [0, 0.05) is 13.1 Å². The lowest BCUT2D eigenvalue weighted by Gasteiger charge is -2.02. The second kappa shape index (κ2) is 4.72. The Morgan fingerprint density at radius 2 is 2.25 bits per heavy atom. The zero-order valence-corrected chi connectivity index (χ0v) is 10.2. The lowest BCUT2D eigenvalue weighted by molar-refractivity contribution is -0.0528. The first-order valence-electron chi connectivity index (χ1n) is 5.54. The van der Waals surface area contributed by atoms with Crippen molar-refractivity contribution in [1.29, 1.82) is 0 Å². The molecule has 104 valence electrons. The summed E-state index contributed by atoms with van der Waals surface area (Å²) in [6, 6.07) is 1.29. The van der Waals surface area contributed by atoms with Gasteiger partial charge in [0.15, 0.2) is 11.5 Å². The summed E-state index contributed by atoms with van der Waals surface area (Å²) in [5.41, 5.74) is 1.25. The Balaban J connectivity index is 1.81. The van der Waals surface area contributed by atoms with Crippen molar-refractivity contribution in [3.63, 3.8) is 0 Å². The number of nitrogens with one attached hydrogen (secondary N) is 2. The average molecular weight is 281 g/mol. The van der Waals surface area contributed by atoms with Crippen molar-refractivity contribution in [2.24, 2.45) is 7.05 Å². The molecule has 3 heterocycles. The van der Waals surface area contributed by atoms with Gasteiger partial charge in [-0.25, -0.2) is 14.6 Å². The highest BCUT2D eigenvalue weighted by Crippen LogP contribution is 2.19. The van der Waals surface area contributed by atoms with Crippen LogP contribution in [-0.4, -0.2) is 36.6 Å². The molecule has 0 atom stereocenters. The molecule has 3 rings (SSSR count). The standard InChI is InChI=1S/C10H9F2N7O/c1-19-9-5(3-14-19)13-4-7(16-9)15-6-2-8(18-17-6)20-10(11)12/h2-4,10H,1H3,(H2,15,16,17,18). The fraction of sp³-hybridized carbons (Fsp3) is 0.200. The quantitative estimate of drug-likeness (QED) is 0.751. The fourth-order valence-electron chi connectivity index (χ4n) is 1.63. The second-order valence-electron chi connectivity index (χ2n) is 3.86. The predicted molar refractivity (Wildman–Crippen MR) is 64.8 cm³/mol. The summed E-state index contributed by atoms with van der Waals surface area (Å²) in [4.78, 5) is 8.45. The van der Waals surface area contributed by atoms with Crippen molar-refractivity contribution in [2.45, 2.75) is 6.61 Å². The van der Waals surface area contributed by atoms with E-state index in [1.165, 1.54) is 12.3 Å². The molecule has 0 radical (unpaired) electrons. The first kappa shape index (κ1) is 12.3.